The van der Waals surface area contributed by atoms with E-state index in [0.717, 1.165) is 24.0 Å². The first-order valence-electron chi connectivity index (χ1n) is 8.90. The van der Waals surface area contributed by atoms with Crippen molar-refractivity contribution in [3.8, 4) is 17.0 Å². The lowest BCUT2D eigenvalue weighted by molar-refractivity contribution is 0.0959. The fourth-order valence-electron chi connectivity index (χ4n) is 3.73. The molecule has 0 radical (unpaired) electrons. The molecule has 1 aliphatic rings. The highest BCUT2D eigenvalue weighted by Crippen LogP contribution is 2.31. The van der Waals surface area contributed by atoms with Gasteiger partial charge in [0.2, 0.25) is 5.88 Å². The molecule has 0 unspecified atom stereocenters. The van der Waals surface area contributed by atoms with E-state index in [0.29, 0.717) is 5.88 Å². The molecule has 3 aromatic heterocycles. The van der Waals surface area contributed by atoms with Crippen LogP contribution in [0.4, 0.5) is 0 Å². The van der Waals surface area contributed by atoms with Crippen molar-refractivity contribution >= 4 is 21.8 Å². The third-order valence-corrected chi connectivity index (χ3v) is 5.30. The lowest BCUT2D eigenvalue weighted by atomic mass is 9.90. The molecule has 0 bridgehead atoms. The molecule has 1 aliphatic carbocycles. The predicted octanol–water partition coefficient (Wildman–Crippen LogP) is 3.66. The summed E-state index contributed by atoms with van der Waals surface area (Å²) in [4.78, 5) is 8.73. The second kappa shape index (κ2) is 5.81. The molecule has 5 heteroatoms. The van der Waals surface area contributed by atoms with E-state index in [1.807, 2.05) is 24.7 Å². The summed E-state index contributed by atoms with van der Waals surface area (Å²) in [7, 11) is 2.09. The maximum absolute atomic E-state index is 5.84. The van der Waals surface area contributed by atoms with E-state index in [1.54, 1.807) is 0 Å². The van der Waals surface area contributed by atoms with E-state index in [1.165, 1.54) is 21.8 Å². The molecule has 1 saturated carbocycles. The van der Waals surface area contributed by atoms with Crippen molar-refractivity contribution in [2.24, 2.45) is 12.8 Å². The van der Waals surface area contributed by atoms with Gasteiger partial charge in [-0.25, -0.2) is 4.98 Å². The van der Waals surface area contributed by atoms with Crippen LogP contribution in [0.15, 0.2) is 55.0 Å². The van der Waals surface area contributed by atoms with E-state index in [9.17, 15) is 0 Å². The van der Waals surface area contributed by atoms with Crippen LogP contribution >= 0.6 is 0 Å². The molecular weight excluding hydrogens is 324 g/mol. The zero-order chi connectivity index (χ0) is 17.7. The van der Waals surface area contributed by atoms with Crippen LogP contribution in [-0.4, -0.2) is 26.7 Å². The number of nitrogens with zero attached hydrogens (tertiary/aromatic N) is 3. The molecule has 2 N–H and O–H groups in total. The monoisotopic (exact) mass is 344 g/mol. The molecule has 1 fully saturated rings. The number of ether oxygens (including phenoxy) is 1. The third-order valence-electron chi connectivity index (χ3n) is 5.30. The van der Waals surface area contributed by atoms with Crippen LogP contribution in [0.5, 0.6) is 5.88 Å². The molecule has 4 aromatic rings. The van der Waals surface area contributed by atoms with Crippen LogP contribution in [0, 0.1) is 0 Å². The standard InChI is InChI=1S/C21H20N4O/c1-25-19-6-7-23-12-18(19)17-4-2-13(8-20(17)25)14-3-5-21(24-11-14)26-16-9-15(22)10-16/h2-8,11-12,15-16H,9-10,22H2,1H3/t15-,16-. The van der Waals surface area contributed by atoms with Crippen LogP contribution in [0.3, 0.4) is 0 Å². The van der Waals surface area contributed by atoms with Gasteiger partial charge in [0.05, 0.1) is 5.52 Å². The van der Waals surface area contributed by atoms with Crippen LogP contribution in [0.1, 0.15) is 12.8 Å². The van der Waals surface area contributed by atoms with Gasteiger partial charge in [-0.2, -0.15) is 0 Å². The van der Waals surface area contributed by atoms with Gasteiger partial charge in [0.15, 0.2) is 0 Å². The molecule has 0 amide bonds. The highest BCUT2D eigenvalue weighted by molar-refractivity contribution is 6.08. The molecule has 0 atom stereocenters. The topological polar surface area (TPSA) is 66.0 Å². The number of aryl methyl sites for hydroxylation is 1. The molecule has 5 rings (SSSR count). The predicted molar refractivity (Wildman–Crippen MR) is 103 cm³/mol. The van der Waals surface area contributed by atoms with E-state index in [4.69, 9.17) is 10.5 Å². The van der Waals surface area contributed by atoms with Gasteiger partial charge < -0.3 is 15.0 Å². The zero-order valence-electron chi connectivity index (χ0n) is 14.6. The summed E-state index contributed by atoms with van der Waals surface area (Å²) in [6.45, 7) is 0. The van der Waals surface area contributed by atoms with Crippen molar-refractivity contribution in [2.45, 2.75) is 25.0 Å². The number of aromatic nitrogens is 3. The van der Waals surface area contributed by atoms with Gasteiger partial charge in [-0.15, -0.1) is 0 Å². The molecule has 130 valence electrons. The first-order chi connectivity index (χ1) is 12.7. The van der Waals surface area contributed by atoms with E-state index >= 15 is 0 Å². The van der Waals surface area contributed by atoms with Gasteiger partial charge in [-0.05, 0) is 36.6 Å². The van der Waals surface area contributed by atoms with Crippen molar-refractivity contribution in [1.82, 2.24) is 14.5 Å². The lowest BCUT2D eigenvalue weighted by Crippen LogP contribution is -2.43. The van der Waals surface area contributed by atoms with Crippen molar-refractivity contribution in [1.29, 1.82) is 0 Å². The second-order valence-electron chi connectivity index (χ2n) is 7.04. The summed E-state index contributed by atoms with van der Waals surface area (Å²) in [6.07, 6.45) is 7.67. The Morgan fingerprint density at radius 3 is 2.62 bits per heavy atom. The molecule has 5 nitrogen and oxygen atoms in total. The van der Waals surface area contributed by atoms with E-state index in [2.05, 4.69) is 51.9 Å². The van der Waals surface area contributed by atoms with Gasteiger partial charge in [0.1, 0.15) is 6.10 Å². The Bertz CT molecular complexity index is 1090. The molecule has 0 spiro atoms. The first kappa shape index (κ1) is 15.3. The number of benzene rings is 1. The second-order valence-corrected chi connectivity index (χ2v) is 7.04. The quantitative estimate of drug-likeness (QED) is 0.616. The van der Waals surface area contributed by atoms with Crippen molar-refractivity contribution in [2.75, 3.05) is 0 Å². The van der Waals surface area contributed by atoms with Crippen molar-refractivity contribution < 1.29 is 4.74 Å². The fourth-order valence-corrected chi connectivity index (χ4v) is 3.73. The van der Waals surface area contributed by atoms with Crippen LogP contribution in [-0.2, 0) is 7.05 Å². The molecule has 26 heavy (non-hydrogen) atoms. The maximum atomic E-state index is 5.84. The highest BCUT2D eigenvalue weighted by Gasteiger charge is 2.27. The van der Waals surface area contributed by atoms with Crippen LogP contribution < -0.4 is 10.5 Å². The zero-order valence-corrected chi connectivity index (χ0v) is 14.6. The Balaban J connectivity index is 1.48. The minimum Gasteiger partial charge on any atom is -0.474 e. The number of hydrogen-bond acceptors (Lipinski definition) is 4. The minimum atomic E-state index is 0.212. The molecule has 0 aliphatic heterocycles. The largest absolute Gasteiger partial charge is 0.474 e. The Hall–Kier alpha value is -2.92. The first-order valence-corrected chi connectivity index (χ1v) is 8.90. The molecule has 0 saturated heterocycles. The third kappa shape index (κ3) is 2.44. The molecular formula is C21H20N4O. The Labute approximate surface area is 151 Å². The summed E-state index contributed by atoms with van der Waals surface area (Å²) in [6, 6.07) is 12.8. The summed E-state index contributed by atoms with van der Waals surface area (Å²) < 4.78 is 8.05. The number of rotatable bonds is 3. The van der Waals surface area contributed by atoms with Crippen molar-refractivity contribution in [3.63, 3.8) is 0 Å². The van der Waals surface area contributed by atoms with Gasteiger partial charge in [0.25, 0.3) is 0 Å². The lowest BCUT2D eigenvalue weighted by Gasteiger charge is -2.32. The number of pyridine rings is 2. The molecule has 3 heterocycles. The Kier molecular flexibility index (Phi) is 3.43. The average Bonchev–Trinajstić information content (AvgIpc) is 2.94. The van der Waals surface area contributed by atoms with Crippen LogP contribution in [0.2, 0.25) is 0 Å². The van der Waals surface area contributed by atoms with Crippen molar-refractivity contribution in [3.05, 3.63) is 55.0 Å². The summed E-state index contributed by atoms with van der Waals surface area (Å²) >= 11 is 0. The van der Waals surface area contributed by atoms with Gasteiger partial charge >= 0.3 is 0 Å². The number of hydrogen-bond donors (Lipinski definition) is 1. The smallest absolute Gasteiger partial charge is 0.213 e. The summed E-state index contributed by atoms with van der Waals surface area (Å²) in [5.41, 5.74) is 10.4. The fraction of sp³-hybridized carbons (Fsp3) is 0.238. The molecule has 1 aromatic carbocycles. The maximum Gasteiger partial charge on any atom is 0.213 e. The van der Waals surface area contributed by atoms with Gasteiger partial charge in [-0.3, -0.25) is 4.98 Å². The van der Waals surface area contributed by atoms with E-state index in [-0.39, 0.29) is 12.1 Å². The summed E-state index contributed by atoms with van der Waals surface area (Å²) in [5.74, 6) is 0.669. The minimum absolute atomic E-state index is 0.212. The average molecular weight is 344 g/mol. The number of nitrogens with two attached hydrogens (primary N) is 1. The SMILES string of the molecule is Cn1c2ccncc2c2ccc(-c3ccc(O[C@H]4C[C@H](N)C4)nc3)cc21. The number of fused-ring (bicyclic) bond motifs is 3. The van der Waals surface area contributed by atoms with Crippen LogP contribution in [0.25, 0.3) is 32.9 Å². The van der Waals surface area contributed by atoms with Gasteiger partial charge in [-0.1, -0.05) is 12.1 Å². The normalized spacial score (nSPS) is 19.6. The summed E-state index contributed by atoms with van der Waals surface area (Å²) in [5, 5.41) is 2.39. The highest BCUT2D eigenvalue weighted by atomic mass is 16.5. The Morgan fingerprint density at radius 1 is 1.00 bits per heavy atom. The van der Waals surface area contributed by atoms with Gasteiger partial charge in [0, 0.05) is 59.6 Å². The Morgan fingerprint density at radius 2 is 1.85 bits per heavy atom. The van der Waals surface area contributed by atoms with E-state index < -0.39 is 0 Å².